The zero-order valence-electron chi connectivity index (χ0n) is 10.0. The number of urea groups is 1. The van der Waals surface area contributed by atoms with Gasteiger partial charge in [0.1, 0.15) is 5.82 Å². The second kappa shape index (κ2) is 4.57. The summed E-state index contributed by atoms with van der Waals surface area (Å²) in [6.07, 6.45) is 2.10. The lowest BCUT2D eigenvalue weighted by Gasteiger charge is -2.35. The third-order valence-electron chi connectivity index (χ3n) is 3.69. The fourth-order valence-corrected chi connectivity index (χ4v) is 2.86. The van der Waals surface area contributed by atoms with Crippen LogP contribution in [-0.2, 0) is 0 Å². The van der Waals surface area contributed by atoms with Gasteiger partial charge in [-0.05, 0) is 31.0 Å². The van der Waals surface area contributed by atoms with Gasteiger partial charge in [-0.15, -0.1) is 0 Å². The molecule has 0 saturated carbocycles. The molecule has 4 nitrogen and oxygen atoms in total. The largest absolute Gasteiger partial charge is 0.322 e. The Labute approximate surface area is 105 Å². The minimum absolute atomic E-state index is 0.116. The Morgan fingerprint density at radius 2 is 2.06 bits per heavy atom. The van der Waals surface area contributed by atoms with Crippen LogP contribution >= 0.6 is 0 Å². The number of amides is 2. The molecule has 0 aromatic heterocycles. The van der Waals surface area contributed by atoms with Crippen LogP contribution in [0.25, 0.3) is 0 Å². The molecule has 2 unspecified atom stereocenters. The summed E-state index contributed by atoms with van der Waals surface area (Å²) in [5, 5.41) is 6.10. The van der Waals surface area contributed by atoms with Crippen LogP contribution in [0.3, 0.4) is 0 Å². The molecule has 96 valence electrons. The highest BCUT2D eigenvalue weighted by Crippen LogP contribution is 2.27. The normalized spacial score (nSPS) is 26.2. The number of rotatable bonds is 1. The van der Waals surface area contributed by atoms with Crippen molar-refractivity contribution in [3.63, 3.8) is 0 Å². The molecule has 1 aromatic carbocycles. The Hall–Kier alpha value is -1.62. The van der Waals surface area contributed by atoms with E-state index in [0.717, 1.165) is 25.9 Å². The van der Waals surface area contributed by atoms with Crippen LogP contribution in [0.4, 0.5) is 14.9 Å². The molecule has 2 N–H and O–H groups in total. The van der Waals surface area contributed by atoms with Crippen molar-refractivity contribution >= 4 is 11.7 Å². The van der Waals surface area contributed by atoms with Crippen LogP contribution in [0.2, 0.25) is 0 Å². The first-order chi connectivity index (χ1) is 8.74. The number of nitrogens with zero attached hydrogens (tertiary/aromatic N) is 1. The van der Waals surface area contributed by atoms with Gasteiger partial charge in [0.05, 0.1) is 0 Å². The van der Waals surface area contributed by atoms with Crippen molar-refractivity contribution in [3.8, 4) is 0 Å². The molecule has 2 heterocycles. The monoisotopic (exact) mass is 249 g/mol. The molecule has 2 saturated heterocycles. The number of hydrogen-bond acceptors (Lipinski definition) is 2. The lowest BCUT2D eigenvalue weighted by molar-refractivity contribution is 0.167. The van der Waals surface area contributed by atoms with Gasteiger partial charge in [0, 0.05) is 30.9 Å². The highest BCUT2D eigenvalue weighted by Gasteiger charge is 2.39. The minimum Gasteiger partial charge on any atom is -0.316 e. The number of halogens is 1. The van der Waals surface area contributed by atoms with Crippen LogP contribution in [0.1, 0.15) is 12.8 Å². The molecular formula is C13H16FN3O. The molecule has 0 aliphatic carbocycles. The maximum Gasteiger partial charge on any atom is 0.322 e. The Balaban J connectivity index is 1.72. The summed E-state index contributed by atoms with van der Waals surface area (Å²) in [7, 11) is 0. The van der Waals surface area contributed by atoms with Gasteiger partial charge >= 0.3 is 6.03 Å². The second-order valence-corrected chi connectivity index (χ2v) is 4.89. The zero-order chi connectivity index (χ0) is 12.5. The van der Waals surface area contributed by atoms with Gasteiger partial charge in [-0.1, -0.05) is 6.07 Å². The fraction of sp³-hybridized carbons (Fsp3) is 0.462. The van der Waals surface area contributed by atoms with E-state index in [4.69, 9.17) is 0 Å². The highest BCUT2D eigenvalue weighted by molar-refractivity contribution is 5.90. The van der Waals surface area contributed by atoms with E-state index in [1.807, 2.05) is 4.90 Å². The van der Waals surface area contributed by atoms with Crippen molar-refractivity contribution in [2.45, 2.75) is 24.9 Å². The zero-order valence-corrected chi connectivity index (χ0v) is 10.0. The van der Waals surface area contributed by atoms with Crippen LogP contribution in [0.15, 0.2) is 24.3 Å². The predicted molar refractivity (Wildman–Crippen MR) is 66.9 cm³/mol. The van der Waals surface area contributed by atoms with Crippen molar-refractivity contribution in [2.75, 3.05) is 18.4 Å². The molecule has 0 radical (unpaired) electrons. The minimum atomic E-state index is -0.337. The van der Waals surface area contributed by atoms with Gasteiger partial charge in [-0.3, -0.25) is 0 Å². The molecule has 0 spiro atoms. The Morgan fingerprint density at radius 1 is 1.33 bits per heavy atom. The summed E-state index contributed by atoms with van der Waals surface area (Å²) in [6.45, 7) is 1.71. The van der Waals surface area contributed by atoms with Gasteiger partial charge in [0.25, 0.3) is 0 Å². The standard InChI is InChI=1S/C13H16FN3O/c14-9-2-1-3-10(6-9)16-13(18)17-11-4-5-12(17)8-15-7-11/h1-3,6,11-12,15H,4-5,7-8H2,(H,16,18). The molecule has 3 rings (SSSR count). The van der Waals surface area contributed by atoms with Crippen molar-refractivity contribution < 1.29 is 9.18 Å². The van der Waals surface area contributed by atoms with Crippen LogP contribution in [0, 0.1) is 5.82 Å². The summed E-state index contributed by atoms with van der Waals surface area (Å²) in [5.74, 6) is -0.337. The van der Waals surface area contributed by atoms with Gasteiger partial charge in [-0.2, -0.15) is 0 Å². The number of hydrogen-bond donors (Lipinski definition) is 2. The maximum absolute atomic E-state index is 13.1. The van der Waals surface area contributed by atoms with E-state index in [1.54, 1.807) is 12.1 Å². The van der Waals surface area contributed by atoms with E-state index >= 15 is 0 Å². The average molecular weight is 249 g/mol. The quantitative estimate of drug-likeness (QED) is 0.797. The van der Waals surface area contributed by atoms with E-state index in [0.29, 0.717) is 5.69 Å². The number of carbonyl (C=O) groups excluding carboxylic acids is 1. The van der Waals surface area contributed by atoms with Crippen LogP contribution in [0.5, 0.6) is 0 Å². The molecule has 5 heteroatoms. The molecule has 2 amide bonds. The van der Waals surface area contributed by atoms with E-state index in [-0.39, 0.29) is 23.9 Å². The van der Waals surface area contributed by atoms with Crippen molar-refractivity contribution in [2.24, 2.45) is 0 Å². The second-order valence-electron chi connectivity index (χ2n) is 4.89. The van der Waals surface area contributed by atoms with Crippen molar-refractivity contribution in [3.05, 3.63) is 30.1 Å². The van der Waals surface area contributed by atoms with Crippen molar-refractivity contribution in [1.82, 2.24) is 10.2 Å². The number of benzene rings is 1. The van der Waals surface area contributed by atoms with Gasteiger partial charge < -0.3 is 15.5 Å². The van der Waals surface area contributed by atoms with Crippen LogP contribution < -0.4 is 10.6 Å². The van der Waals surface area contributed by atoms with Gasteiger partial charge in [0.15, 0.2) is 0 Å². The number of fused-ring (bicyclic) bond motifs is 2. The SMILES string of the molecule is O=C(Nc1cccc(F)c1)N1C2CCC1CNC2. The summed E-state index contributed by atoms with van der Waals surface area (Å²) in [6, 6.07) is 6.43. The number of carbonyl (C=O) groups is 1. The number of nitrogens with one attached hydrogen (secondary N) is 2. The molecule has 2 fully saturated rings. The topological polar surface area (TPSA) is 44.4 Å². The fourth-order valence-electron chi connectivity index (χ4n) is 2.86. The first kappa shape index (κ1) is 11.5. The molecule has 2 aliphatic heterocycles. The first-order valence-electron chi connectivity index (χ1n) is 6.29. The van der Waals surface area contributed by atoms with E-state index in [2.05, 4.69) is 10.6 Å². The summed E-state index contributed by atoms with van der Waals surface area (Å²) < 4.78 is 13.1. The predicted octanol–water partition coefficient (Wildman–Crippen LogP) is 1.79. The third kappa shape index (κ3) is 2.06. The Kier molecular flexibility index (Phi) is 2.91. The van der Waals surface area contributed by atoms with Crippen LogP contribution in [-0.4, -0.2) is 36.1 Å². The smallest absolute Gasteiger partial charge is 0.316 e. The summed E-state index contributed by atoms with van der Waals surface area (Å²) in [4.78, 5) is 14.1. The number of piperazine rings is 1. The summed E-state index contributed by atoms with van der Waals surface area (Å²) in [5.41, 5.74) is 0.512. The van der Waals surface area contributed by atoms with E-state index in [9.17, 15) is 9.18 Å². The first-order valence-corrected chi connectivity index (χ1v) is 6.29. The maximum atomic E-state index is 13.1. The van der Waals surface area contributed by atoms with Gasteiger partial charge in [0.2, 0.25) is 0 Å². The Bertz CT molecular complexity index is 449. The molecule has 2 aliphatic rings. The van der Waals surface area contributed by atoms with E-state index < -0.39 is 0 Å². The lowest BCUT2D eigenvalue weighted by atomic mass is 10.2. The summed E-state index contributed by atoms with van der Waals surface area (Å²) >= 11 is 0. The lowest BCUT2D eigenvalue weighted by Crippen LogP contribution is -2.55. The van der Waals surface area contributed by atoms with E-state index in [1.165, 1.54) is 12.1 Å². The van der Waals surface area contributed by atoms with Crippen molar-refractivity contribution in [1.29, 1.82) is 0 Å². The van der Waals surface area contributed by atoms with Gasteiger partial charge in [-0.25, -0.2) is 9.18 Å². The molecular weight excluding hydrogens is 233 g/mol. The number of anilines is 1. The highest BCUT2D eigenvalue weighted by atomic mass is 19.1. The molecule has 2 bridgehead atoms. The molecule has 2 atom stereocenters. The molecule has 18 heavy (non-hydrogen) atoms. The average Bonchev–Trinajstić information content (AvgIpc) is 2.60. The Morgan fingerprint density at radius 3 is 2.72 bits per heavy atom. The molecule has 1 aromatic rings. The third-order valence-corrected chi connectivity index (χ3v) is 3.69.